The molecule has 1 aliphatic heterocycles. The molecule has 0 spiro atoms. The van der Waals surface area contributed by atoms with Crippen LogP contribution in [0.25, 0.3) is 0 Å². The molecule has 0 aromatic rings. The molecule has 0 bridgehead atoms. The summed E-state index contributed by atoms with van der Waals surface area (Å²) >= 11 is 0. The Morgan fingerprint density at radius 3 is 2.24 bits per heavy atom. The third-order valence-electron chi connectivity index (χ3n) is 3.08. The van der Waals surface area contributed by atoms with Crippen molar-refractivity contribution in [2.45, 2.75) is 39.0 Å². The Kier molecular flexibility index (Phi) is 5.08. The highest BCUT2D eigenvalue weighted by Crippen LogP contribution is 2.35. The molecule has 6 nitrogen and oxygen atoms in total. The van der Waals surface area contributed by atoms with Gasteiger partial charge in [-0.2, -0.15) is 13.2 Å². The summed E-state index contributed by atoms with van der Waals surface area (Å²) in [5.74, 6) is 1.45. The minimum Gasteiger partial charge on any atom is -0.444 e. The number of halogens is 3. The fourth-order valence-electron chi connectivity index (χ4n) is 2.12. The molecule has 3 N–H and O–H groups in total. The van der Waals surface area contributed by atoms with Gasteiger partial charge in [-0.3, -0.25) is 10.2 Å². The molecule has 0 radical (unpaired) electrons. The summed E-state index contributed by atoms with van der Waals surface area (Å²) in [6.45, 7) is 4.16. The van der Waals surface area contributed by atoms with E-state index in [1.807, 2.05) is 5.43 Å². The summed E-state index contributed by atoms with van der Waals surface area (Å²) in [7, 11) is 0. The molecule has 1 saturated heterocycles. The number of amides is 2. The summed E-state index contributed by atoms with van der Waals surface area (Å²) in [4.78, 5) is 24.3. The third-order valence-corrected chi connectivity index (χ3v) is 3.08. The minimum absolute atomic E-state index is 0.148. The molecule has 0 aliphatic carbocycles. The van der Waals surface area contributed by atoms with E-state index in [1.54, 1.807) is 20.8 Å². The van der Waals surface area contributed by atoms with Gasteiger partial charge >= 0.3 is 12.3 Å². The zero-order chi connectivity index (χ0) is 16.4. The van der Waals surface area contributed by atoms with Crippen molar-refractivity contribution in [3.8, 4) is 0 Å². The second-order valence-electron chi connectivity index (χ2n) is 6.07. The Morgan fingerprint density at radius 1 is 1.24 bits per heavy atom. The van der Waals surface area contributed by atoms with Crippen LogP contribution >= 0.6 is 0 Å². The maximum atomic E-state index is 12.9. The number of hydrogen-bond donors (Lipinski definition) is 2. The number of alkyl halides is 3. The summed E-state index contributed by atoms with van der Waals surface area (Å²) in [5, 5.41) is 0. The number of rotatable bonds is 1. The Balaban J connectivity index is 2.88. The first kappa shape index (κ1) is 17.5. The molecular weight excluding hydrogens is 291 g/mol. The molecule has 9 heteroatoms. The zero-order valence-corrected chi connectivity index (χ0v) is 12.2. The number of nitrogens with two attached hydrogens (primary N) is 1. The number of carbonyl (C=O) groups excluding carboxylic acids is 2. The van der Waals surface area contributed by atoms with Crippen LogP contribution < -0.4 is 11.3 Å². The van der Waals surface area contributed by atoms with Crippen molar-refractivity contribution in [1.29, 1.82) is 0 Å². The molecule has 0 saturated carbocycles. The molecular formula is C12H20F3N3O3. The summed E-state index contributed by atoms with van der Waals surface area (Å²) in [6.07, 6.45) is -5.76. The van der Waals surface area contributed by atoms with E-state index in [0.717, 1.165) is 4.90 Å². The molecule has 1 fully saturated rings. The first-order valence-electron chi connectivity index (χ1n) is 6.49. The normalized spacial score (nSPS) is 23.7. The third kappa shape index (κ3) is 5.07. The second kappa shape index (κ2) is 6.08. The fraction of sp³-hybridized carbons (Fsp3) is 0.833. The van der Waals surface area contributed by atoms with E-state index < -0.39 is 48.6 Å². The summed E-state index contributed by atoms with van der Waals surface area (Å²) in [6, 6.07) is 0. The topological polar surface area (TPSA) is 84.7 Å². The molecule has 2 unspecified atom stereocenters. The van der Waals surface area contributed by atoms with E-state index in [0.29, 0.717) is 0 Å². The molecule has 1 rings (SSSR count). The Hall–Kier alpha value is -1.51. The predicted octanol–water partition coefficient (Wildman–Crippen LogP) is 1.41. The molecule has 0 aromatic carbocycles. The molecule has 2 atom stereocenters. The first-order valence-corrected chi connectivity index (χ1v) is 6.49. The van der Waals surface area contributed by atoms with Gasteiger partial charge in [-0.25, -0.2) is 10.6 Å². The molecule has 21 heavy (non-hydrogen) atoms. The van der Waals surface area contributed by atoms with Crippen molar-refractivity contribution < 1.29 is 27.5 Å². The van der Waals surface area contributed by atoms with E-state index in [-0.39, 0.29) is 6.54 Å². The highest BCUT2D eigenvalue weighted by atomic mass is 19.4. The number of piperidine rings is 1. The number of nitrogens with one attached hydrogen (secondary N) is 1. The lowest BCUT2D eigenvalue weighted by Crippen LogP contribution is -2.53. The van der Waals surface area contributed by atoms with Gasteiger partial charge < -0.3 is 9.64 Å². The van der Waals surface area contributed by atoms with Crippen LogP contribution in [0.1, 0.15) is 27.2 Å². The Labute approximate surface area is 120 Å². The number of nitrogens with zero attached hydrogens (tertiary/aromatic N) is 1. The molecule has 1 aliphatic rings. The van der Waals surface area contributed by atoms with Gasteiger partial charge in [0.1, 0.15) is 5.60 Å². The van der Waals surface area contributed by atoms with Gasteiger partial charge in [0.15, 0.2) is 0 Å². The van der Waals surface area contributed by atoms with Crippen LogP contribution in [0.4, 0.5) is 18.0 Å². The van der Waals surface area contributed by atoms with Gasteiger partial charge in [0, 0.05) is 13.1 Å². The van der Waals surface area contributed by atoms with Crippen LogP contribution in [0.5, 0.6) is 0 Å². The number of hydrogen-bond acceptors (Lipinski definition) is 4. The van der Waals surface area contributed by atoms with Crippen LogP contribution in [-0.2, 0) is 9.53 Å². The number of likely N-dealkylation sites (tertiary alicyclic amines) is 1. The molecule has 0 aromatic heterocycles. The maximum Gasteiger partial charge on any atom is 0.410 e. The van der Waals surface area contributed by atoms with Crippen molar-refractivity contribution >= 4 is 12.0 Å². The predicted molar refractivity (Wildman–Crippen MR) is 67.8 cm³/mol. The first-order chi connectivity index (χ1) is 9.44. The van der Waals surface area contributed by atoms with Gasteiger partial charge in [0.25, 0.3) is 0 Å². The monoisotopic (exact) mass is 311 g/mol. The highest BCUT2D eigenvalue weighted by Gasteiger charge is 2.47. The Morgan fingerprint density at radius 2 is 1.81 bits per heavy atom. The smallest absolute Gasteiger partial charge is 0.410 e. The number of hydrazine groups is 1. The van der Waals surface area contributed by atoms with E-state index in [9.17, 15) is 22.8 Å². The van der Waals surface area contributed by atoms with Gasteiger partial charge in [-0.15, -0.1) is 0 Å². The minimum atomic E-state index is -4.49. The summed E-state index contributed by atoms with van der Waals surface area (Å²) < 4.78 is 43.8. The van der Waals surface area contributed by atoms with Crippen molar-refractivity contribution in [3.05, 3.63) is 0 Å². The lowest BCUT2D eigenvalue weighted by Gasteiger charge is -2.38. The molecule has 2 amide bonds. The maximum absolute atomic E-state index is 12.9. The average molecular weight is 311 g/mol. The van der Waals surface area contributed by atoms with Crippen LogP contribution in [0.2, 0.25) is 0 Å². The van der Waals surface area contributed by atoms with Crippen molar-refractivity contribution in [2.24, 2.45) is 17.7 Å². The lowest BCUT2D eigenvalue weighted by molar-refractivity contribution is -0.190. The lowest BCUT2D eigenvalue weighted by atomic mass is 9.88. The van der Waals surface area contributed by atoms with Crippen molar-refractivity contribution in [3.63, 3.8) is 0 Å². The van der Waals surface area contributed by atoms with Gasteiger partial charge in [-0.05, 0) is 27.2 Å². The van der Waals surface area contributed by atoms with E-state index in [2.05, 4.69) is 0 Å². The highest BCUT2D eigenvalue weighted by molar-refractivity contribution is 5.79. The van der Waals surface area contributed by atoms with Crippen LogP contribution in [0, 0.1) is 11.8 Å². The van der Waals surface area contributed by atoms with Crippen LogP contribution in [0.15, 0.2) is 0 Å². The van der Waals surface area contributed by atoms with Crippen LogP contribution in [0.3, 0.4) is 0 Å². The zero-order valence-electron chi connectivity index (χ0n) is 12.2. The SMILES string of the molecule is CC(C)(C)OC(=O)N1CC(C(=O)NN)CC(C(F)(F)F)C1. The standard InChI is InChI=1S/C12H20F3N3O3/c1-11(2,3)21-10(20)18-5-7(9(19)17-16)4-8(6-18)12(13,14)15/h7-8H,4-6,16H2,1-3H3,(H,17,19). The second-order valence-corrected chi connectivity index (χ2v) is 6.07. The van der Waals surface area contributed by atoms with Gasteiger partial charge in [0.05, 0.1) is 11.8 Å². The van der Waals surface area contributed by atoms with Gasteiger partial charge in [0.2, 0.25) is 5.91 Å². The van der Waals surface area contributed by atoms with E-state index in [1.165, 1.54) is 0 Å². The quantitative estimate of drug-likeness (QED) is 0.436. The van der Waals surface area contributed by atoms with Crippen molar-refractivity contribution in [1.82, 2.24) is 10.3 Å². The largest absolute Gasteiger partial charge is 0.444 e. The van der Waals surface area contributed by atoms with Crippen LogP contribution in [-0.4, -0.2) is 41.8 Å². The number of ether oxygens (including phenoxy) is 1. The average Bonchev–Trinajstić information content (AvgIpc) is 2.34. The van der Waals surface area contributed by atoms with Gasteiger partial charge in [-0.1, -0.05) is 0 Å². The molecule has 122 valence electrons. The molecule has 1 heterocycles. The van der Waals surface area contributed by atoms with Crippen molar-refractivity contribution in [2.75, 3.05) is 13.1 Å². The Bertz CT molecular complexity index is 407. The fourth-order valence-corrected chi connectivity index (χ4v) is 2.12. The van der Waals surface area contributed by atoms with E-state index >= 15 is 0 Å². The number of carbonyl (C=O) groups is 2. The van der Waals surface area contributed by atoms with E-state index in [4.69, 9.17) is 10.6 Å². The summed E-state index contributed by atoms with van der Waals surface area (Å²) in [5.41, 5.74) is 1.00.